The Balaban J connectivity index is 1.76. The molecule has 0 heterocycles. The van der Waals surface area contributed by atoms with E-state index in [-0.39, 0.29) is 10.8 Å². The molecule has 106 valence electrons. The van der Waals surface area contributed by atoms with Gasteiger partial charge >= 0.3 is 0 Å². The van der Waals surface area contributed by atoms with Crippen molar-refractivity contribution in [3.05, 3.63) is 47.5 Å². The lowest BCUT2D eigenvalue weighted by atomic mass is 9.70. The lowest BCUT2D eigenvalue weighted by Gasteiger charge is -2.31. The lowest BCUT2D eigenvalue weighted by Crippen LogP contribution is -2.32. The fourth-order valence-corrected chi connectivity index (χ4v) is 4.20. The van der Waals surface area contributed by atoms with E-state index in [4.69, 9.17) is 0 Å². The number of benzene rings is 1. The number of aryl methyl sites for hydroxylation is 1. The molecule has 2 aliphatic rings. The zero-order chi connectivity index (χ0) is 14.4. The van der Waals surface area contributed by atoms with Gasteiger partial charge in [0.1, 0.15) is 0 Å². The number of hydrogen-bond acceptors (Lipinski definition) is 1. The second-order valence-electron chi connectivity index (χ2n) is 7.16. The van der Waals surface area contributed by atoms with Crippen molar-refractivity contribution in [2.45, 2.75) is 46.5 Å². The first-order valence-corrected chi connectivity index (χ1v) is 7.75. The number of Topliss-reactive ketones (excluding diaryl/α,β-unsaturated/α-hetero) is 1. The third kappa shape index (κ3) is 1.79. The number of carbonyl (C=O) groups excluding carboxylic acids is 1. The van der Waals surface area contributed by atoms with Crippen molar-refractivity contribution in [2.24, 2.45) is 16.7 Å². The van der Waals surface area contributed by atoms with E-state index in [9.17, 15) is 4.79 Å². The van der Waals surface area contributed by atoms with Crippen LogP contribution in [-0.2, 0) is 11.2 Å². The topological polar surface area (TPSA) is 17.1 Å². The van der Waals surface area contributed by atoms with Crippen molar-refractivity contribution in [3.63, 3.8) is 0 Å². The SMILES string of the molecule is CC1(C)[C@H]2CC[C@]1(C)C(=O)/C2=C\CCc1ccccc1. The predicted octanol–water partition coefficient (Wildman–Crippen LogP) is 4.57. The minimum atomic E-state index is -0.115. The van der Waals surface area contributed by atoms with Crippen LogP contribution in [0, 0.1) is 16.7 Å². The third-order valence-corrected chi connectivity index (χ3v) is 6.01. The summed E-state index contributed by atoms with van der Waals surface area (Å²) < 4.78 is 0. The largest absolute Gasteiger partial charge is 0.294 e. The molecule has 0 unspecified atom stereocenters. The van der Waals surface area contributed by atoms with Gasteiger partial charge in [-0.1, -0.05) is 57.2 Å². The zero-order valence-electron chi connectivity index (χ0n) is 12.8. The van der Waals surface area contributed by atoms with Gasteiger partial charge in [-0.05, 0) is 48.2 Å². The van der Waals surface area contributed by atoms with Crippen molar-refractivity contribution >= 4 is 5.78 Å². The smallest absolute Gasteiger partial charge is 0.165 e. The lowest BCUT2D eigenvalue weighted by molar-refractivity contribution is -0.125. The van der Waals surface area contributed by atoms with E-state index in [1.165, 1.54) is 12.0 Å². The number of carbonyl (C=O) groups is 1. The van der Waals surface area contributed by atoms with Crippen LogP contribution in [0.1, 0.15) is 45.6 Å². The van der Waals surface area contributed by atoms with Gasteiger partial charge in [0, 0.05) is 5.41 Å². The maximum Gasteiger partial charge on any atom is 0.165 e. The summed E-state index contributed by atoms with van der Waals surface area (Å²) >= 11 is 0. The van der Waals surface area contributed by atoms with E-state index in [0.29, 0.717) is 11.7 Å². The molecule has 2 bridgehead atoms. The molecule has 0 aromatic heterocycles. The van der Waals surface area contributed by atoms with Crippen LogP contribution < -0.4 is 0 Å². The molecular formula is C19H24O. The fraction of sp³-hybridized carbons (Fsp3) is 0.526. The molecule has 2 saturated carbocycles. The van der Waals surface area contributed by atoms with Crippen LogP contribution >= 0.6 is 0 Å². The number of fused-ring (bicyclic) bond motifs is 2. The van der Waals surface area contributed by atoms with E-state index >= 15 is 0 Å². The van der Waals surface area contributed by atoms with Crippen LogP contribution in [0.5, 0.6) is 0 Å². The average Bonchev–Trinajstić information content (AvgIpc) is 2.74. The summed E-state index contributed by atoms with van der Waals surface area (Å²) in [5, 5.41) is 0. The monoisotopic (exact) mass is 268 g/mol. The summed E-state index contributed by atoms with van der Waals surface area (Å²) in [5.74, 6) is 0.905. The molecule has 1 nitrogen and oxygen atoms in total. The van der Waals surface area contributed by atoms with E-state index in [1.807, 2.05) is 6.07 Å². The van der Waals surface area contributed by atoms with Gasteiger partial charge in [-0.2, -0.15) is 0 Å². The summed E-state index contributed by atoms with van der Waals surface area (Å²) in [7, 11) is 0. The van der Waals surface area contributed by atoms with Crippen molar-refractivity contribution in [1.29, 1.82) is 0 Å². The third-order valence-electron chi connectivity index (χ3n) is 6.01. The highest BCUT2D eigenvalue weighted by molar-refractivity contribution is 6.04. The van der Waals surface area contributed by atoms with Crippen LogP contribution in [0.15, 0.2) is 42.0 Å². The molecule has 3 rings (SSSR count). The molecule has 1 heteroatoms. The molecule has 2 atom stereocenters. The molecule has 1 aromatic rings. The van der Waals surface area contributed by atoms with Gasteiger partial charge in [-0.15, -0.1) is 0 Å². The van der Waals surface area contributed by atoms with Crippen molar-refractivity contribution < 1.29 is 4.79 Å². The summed E-state index contributed by atoms with van der Waals surface area (Å²) in [6.07, 6.45) is 6.49. The summed E-state index contributed by atoms with van der Waals surface area (Å²) in [6, 6.07) is 10.5. The van der Waals surface area contributed by atoms with E-state index < -0.39 is 0 Å². The van der Waals surface area contributed by atoms with E-state index in [0.717, 1.165) is 24.8 Å². The Kier molecular flexibility index (Phi) is 3.12. The molecular weight excluding hydrogens is 244 g/mol. The molecule has 2 aliphatic carbocycles. The van der Waals surface area contributed by atoms with Crippen LogP contribution in [0.4, 0.5) is 0 Å². The molecule has 0 radical (unpaired) electrons. The van der Waals surface area contributed by atoms with Crippen molar-refractivity contribution in [2.75, 3.05) is 0 Å². The van der Waals surface area contributed by atoms with Crippen LogP contribution in [-0.4, -0.2) is 5.78 Å². The second kappa shape index (κ2) is 4.58. The second-order valence-corrected chi connectivity index (χ2v) is 7.16. The van der Waals surface area contributed by atoms with Gasteiger partial charge in [0.05, 0.1) is 0 Å². The van der Waals surface area contributed by atoms with Crippen LogP contribution in [0.2, 0.25) is 0 Å². The fourth-order valence-electron chi connectivity index (χ4n) is 4.20. The van der Waals surface area contributed by atoms with Gasteiger partial charge < -0.3 is 0 Å². The Labute approximate surface area is 122 Å². The Bertz CT molecular complexity index is 552. The Hall–Kier alpha value is -1.37. The Morgan fingerprint density at radius 3 is 2.50 bits per heavy atom. The van der Waals surface area contributed by atoms with E-state index in [1.54, 1.807) is 0 Å². The van der Waals surface area contributed by atoms with Gasteiger partial charge in [0.25, 0.3) is 0 Å². The normalized spacial score (nSPS) is 33.0. The van der Waals surface area contributed by atoms with Gasteiger partial charge in [-0.25, -0.2) is 0 Å². The highest BCUT2D eigenvalue weighted by Gasteiger charge is 2.63. The quantitative estimate of drug-likeness (QED) is 0.734. The predicted molar refractivity (Wildman–Crippen MR) is 82.5 cm³/mol. The summed E-state index contributed by atoms with van der Waals surface area (Å²) in [5.41, 5.74) is 2.50. The average molecular weight is 268 g/mol. The number of allylic oxidation sites excluding steroid dienone is 2. The first-order chi connectivity index (χ1) is 9.47. The number of rotatable bonds is 3. The highest BCUT2D eigenvalue weighted by atomic mass is 16.1. The van der Waals surface area contributed by atoms with Crippen LogP contribution in [0.3, 0.4) is 0 Å². The molecule has 0 spiro atoms. The molecule has 0 saturated heterocycles. The van der Waals surface area contributed by atoms with Crippen LogP contribution in [0.25, 0.3) is 0 Å². The minimum absolute atomic E-state index is 0.115. The van der Waals surface area contributed by atoms with Crippen molar-refractivity contribution in [3.8, 4) is 0 Å². The highest BCUT2D eigenvalue weighted by Crippen LogP contribution is 2.65. The number of hydrogen-bond donors (Lipinski definition) is 0. The summed E-state index contributed by atoms with van der Waals surface area (Å²) in [6.45, 7) is 6.73. The zero-order valence-corrected chi connectivity index (χ0v) is 12.8. The Morgan fingerprint density at radius 1 is 1.20 bits per heavy atom. The van der Waals surface area contributed by atoms with Crippen molar-refractivity contribution in [1.82, 2.24) is 0 Å². The molecule has 2 fully saturated rings. The molecule has 0 N–H and O–H groups in total. The molecule has 1 aromatic carbocycles. The standard InChI is InChI=1S/C19H24O/c1-18(2)16-12-13-19(18,3)17(20)15(16)11-7-10-14-8-5-4-6-9-14/h4-6,8-9,11,16H,7,10,12-13H2,1-3H3/b15-11-/t16-,19+/m0/s1. The molecule has 20 heavy (non-hydrogen) atoms. The van der Waals surface area contributed by atoms with E-state index in [2.05, 4.69) is 51.1 Å². The molecule has 0 aliphatic heterocycles. The Morgan fingerprint density at radius 2 is 1.90 bits per heavy atom. The maximum absolute atomic E-state index is 12.7. The first kappa shape index (κ1) is 13.6. The first-order valence-electron chi connectivity index (χ1n) is 7.75. The van der Waals surface area contributed by atoms with Gasteiger partial charge in [0.15, 0.2) is 5.78 Å². The van der Waals surface area contributed by atoms with Gasteiger partial charge in [0.2, 0.25) is 0 Å². The summed E-state index contributed by atoms with van der Waals surface area (Å²) in [4.78, 5) is 12.7. The van der Waals surface area contributed by atoms with Gasteiger partial charge in [-0.3, -0.25) is 4.79 Å². The minimum Gasteiger partial charge on any atom is -0.294 e. The molecule has 0 amide bonds. The maximum atomic E-state index is 12.7. The number of ketones is 1.